The monoisotopic (exact) mass is 265 g/mol. The van der Waals surface area contributed by atoms with Gasteiger partial charge in [0.2, 0.25) is 0 Å². The summed E-state index contributed by atoms with van der Waals surface area (Å²) in [6.07, 6.45) is 3.71. The number of rotatable bonds is 6. The van der Waals surface area contributed by atoms with E-state index in [9.17, 15) is 4.79 Å². The fourth-order valence-corrected chi connectivity index (χ4v) is 2.00. The first-order valence-corrected chi connectivity index (χ1v) is 6.86. The summed E-state index contributed by atoms with van der Waals surface area (Å²) in [5.74, 6) is -0.0197. The number of carbonyl (C=O) groups is 1. The SMILES string of the molecule is C=CCCCNC(=O)c1ccc(-c2ccccc2)cc1. The number of benzene rings is 2. The zero-order chi connectivity index (χ0) is 14.2. The number of hydrogen-bond acceptors (Lipinski definition) is 1. The average Bonchev–Trinajstić information content (AvgIpc) is 2.52. The predicted octanol–water partition coefficient (Wildman–Crippen LogP) is 4.05. The molecule has 0 saturated heterocycles. The maximum Gasteiger partial charge on any atom is 0.251 e. The molecule has 20 heavy (non-hydrogen) atoms. The Hall–Kier alpha value is -2.35. The molecule has 2 aromatic carbocycles. The molecule has 0 atom stereocenters. The van der Waals surface area contributed by atoms with Gasteiger partial charge < -0.3 is 5.32 Å². The number of amides is 1. The van der Waals surface area contributed by atoms with Crippen LogP contribution in [0.5, 0.6) is 0 Å². The highest BCUT2D eigenvalue weighted by Gasteiger charge is 2.04. The minimum absolute atomic E-state index is 0.0197. The van der Waals surface area contributed by atoms with E-state index in [2.05, 4.69) is 24.0 Å². The van der Waals surface area contributed by atoms with Gasteiger partial charge in [0, 0.05) is 12.1 Å². The van der Waals surface area contributed by atoms with E-state index in [1.54, 1.807) is 0 Å². The smallest absolute Gasteiger partial charge is 0.251 e. The minimum atomic E-state index is -0.0197. The van der Waals surface area contributed by atoms with Crippen molar-refractivity contribution < 1.29 is 4.79 Å². The summed E-state index contributed by atoms with van der Waals surface area (Å²) in [5, 5.41) is 2.91. The van der Waals surface area contributed by atoms with Crippen LogP contribution in [0.2, 0.25) is 0 Å². The molecule has 1 amide bonds. The molecule has 2 nitrogen and oxygen atoms in total. The van der Waals surface area contributed by atoms with Crippen LogP contribution in [0.15, 0.2) is 67.3 Å². The zero-order valence-electron chi connectivity index (χ0n) is 11.5. The third-order valence-corrected chi connectivity index (χ3v) is 3.12. The third-order valence-electron chi connectivity index (χ3n) is 3.12. The summed E-state index contributed by atoms with van der Waals surface area (Å²) < 4.78 is 0. The van der Waals surface area contributed by atoms with E-state index < -0.39 is 0 Å². The van der Waals surface area contributed by atoms with Crippen LogP contribution in [0.4, 0.5) is 0 Å². The molecular weight excluding hydrogens is 246 g/mol. The summed E-state index contributed by atoms with van der Waals surface area (Å²) >= 11 is 0. The van der Waals surface area contributed by atoms with Gasteiger partial charge in [-0.1, -0.05) is 48.5 Å². The molecule has 0 aliphatic heterocycles. The van der Waals surface area contributed by atoms with Crippen LogP contribution in [-0.2, 0) is 0 Å². The van der Waals surface area contributed by atoms with Gasteiger partial charge in [-0.05, 0) is 36.1 Å². The Bertz CT molecular complexity index is 558. The highest BCUT2D eigenvalue weighted by molar-refractivity contribution is 5.94. The van der Waals surface area contributed by atoms with Crippen molar-refractivity contribution in [1.29, 1.82) is 0 Å². The normalized spacial score (nSPS) is 10.0. The summed E-state index contributed by atoms with van der Waals surface area (Å²) in [5.41, 5.74) is 2.97. The molecule has 102 valence electrons. The highest BCUT2D eigenvalue weighted by Crippen LogP contribution is 2.19. The summed E-state index contributed by atoms with van der Waals surface area (Å²) in [4.78, 5) is 11.9. The van der Waals surface area contributed by atoms with Gasteiger partial charge in [-0.25, -0.2) is 0 Å². The first-order chi connectivity index (χ1) is 9.81. The second-order valence-electron chi connectivity index (χ2n) is 4.63. The topological polar surface area (TPSA) is 29.1 Å². The molecule has 0 spiro atoms. The highest BCUT2D eigenvalue weighted by atomic mass is 16.1. The van der Waals surface area contributed by atoms with Gasteiger partial charge in [0.15, 0.2) is 0 Å². The van der Waals surface area contributed by atoms with Gasteiger partial charge in [0.1, 0.15) is 0 Å². The molecule has 2 heteroatoms. The van der Waals surface area contributed by atoms with Crippen molar-refractivity contribution in [1.82, 2.24) is 5.32 Å². The van der Waals surface area contributed by atoms with E-state index >= 15 is 0 Å². The molecule has 0 aromatic heterocycles. The summed E-state index contributed by atoms with van der Waals surface area (Å²) in [7, 11) is 0. The third kappa shape index (κ3) is 3.82. The molecule has 0 radical (unpaired) electrons. The van der Waals surface area contributed by atoms with E-state index in [1.165, 1.54) is 0 Å². The van der Waals surface area contributed by atoms with Gasteiger partial charge in [0.25, 0.3) is 5.91 Å². The van der Waals surface area contributed by atoms with Crippen LogP contribution in [0.1, 0.15) is 23.2 Å². The lowest BCUT2D eigenvalue weighted by Crippen LogP contribution is -2.24. The largest absolute Gasteiger partial charge is 0.352 e. The second-order valence-corrected chi connectivity index (χ2v) is 4.63. The van der Waals surface area contributed by atoms with Crippen LogP contribution in [0.3, 0.4) is 0 Å². The Morgan fingerprint density at radius 3 is 2.30 bits per heavy atom. The predicted molar refractivity (Wildman–Crippen MR) is 83.6 cm³/mol. The fourth-order valence-electron chi connectivity index (χ4n) is 2.00. The van der Waals surface area contributed by atoms with Gasteiger partial charge >= 0.3 is 0 Å². The van der Waals surface area contributed by atoms with Crippen molar-refractivity contribution >= 4 is 5.91 Å². The number of unbranched alkanes of at least 4 members (excludes halogenated alkanes) is 1. The molecule has 0 heterocycles. The Kier molecular flexibility index (Phi) is 5.13. The molecule has 2 aromatic rings. The Balaban J connectivity index is 1.97. The van der Waals surface area contributed by atoms with Crippen LogP contribution in [0, 0.1) is 0 Å². The molecule has 2 rings (SSSR count). The first kappa shape index (κ1) is 14.1. The molecule has 0 unspecified atom stereocenters. The lowest BCUT2D eigenvalue weighted by Gasteiger charge is -2.06. The zero-order valence-corrected chi connectivity index (χ0v) is 11.5. The second kappa shape index (κ2) is 7.29. The van der Waals surface area contributed by atoms with Crippen LogP contribution >= 0.6 is 0 Å². The van der Waals surface area contributed by atoms with E-state index in [1.807, 2.05) is 48.5 Å². The van der Waals surface area contributed by atoms with Crippen molar-refractivity contribution in [2.45, 2.75) is 12.8 Å². The maximum atomic E-state index is 11.9. The summed E-state index contributed by atoms with van der Waals surface area (Å²) in [6.45, 7) is 4.35. The van der Waals surface area contributed by atoms with Crippen LogP contribution in [0.25, 0.3) is 11.1 Å². The van der Waals surface area contributed by atoms with Crippen molar-refractivity contribution in [3.63, 3.8) is 0 Å². The van der Waals surface area contributed by atoms with E-state index in [4.69, 9.17) is 0 Å². The van der Waals surface area contributed by atoms with Crippen LogP contribution < -0.4 is 5.32 Å². The number of allylic oxidation sites excluding steroid dienone is 1. The lowest BCUT2D eigenvalue weighted by molar-refractivity contribution is 0.0953. The van der Waals surface area contributed by atoms with Crippen molar-refractivity contribution in [3.8, 4) is 11.1 Å². The van der Waals surface area contributed by atoms with Gasteiger partial charge in [-0.15, -0.1) is 6.58 Å². The lowest BCUT2D eigenvalue weighted by atomic mass is 10.0. The van der Waals surface area contributed by atoms with Gasteiger partial charge in [-0.2, -0.15) is 0 Å². The molecule has 0 aliphatic rings. The van der Waals surface area contributed by atoms with E-state index in [0.717, 1.165) is 24.0 Å². The Morgan fingerprint density at radius 1 is 1.00 bits per heavy atom. The first-order valence-electron chi connectivity index (χ1n) is 6.86. The number of nitrogens with one attached hydrogen (secondary N) is 1. The molecule has 1 N–H and O–H groups in total. The Morgan fingerprint density at radius 2 is 1.65 bits per heavy atom. The molecule has 0 fully saturated rings. The van der Waals surface area contributed by atoms with Crippen molar-refractivity contribution in [2.75, 3.05) is 6.54 Å². The number of hydrogen-bond donors (Lipinski definition) is 1. The Labute approximate surface area is 120 Å². The minimum Gasteiger partial charge on any atom is -0.352 e. The molecule has 0 saturated carbocycles. The molecule has 0 aliphatic carbocycles. The van der Waals surface area contributed by atoms with Crippen molar-refractivity contribution in [3.05, 3.63) is 72.8 Å². The maximum absolute atomic E-state index is 11.9. The quantitative estimate of drug-likeness (QED) is 0.619. The average molecular weight is 265 g/mol. The number of carbonyl (C=O) groups excluding carboxylic acids is 1. The van der Waals surface area contributed by atoms with Crippen molar-refractivity contribution in [2.24, 2.45) is 0 Å². The van der Waals surface area contributed by atoms with E-state index in [-0.39, 0.29) is 5.91 Å². The van der Waals surface area contributed by atoms with E-state index in [0.29, 0.717) is 12.1 Å². The van der Waals surface area contributed by atoms with Gasteiger partial charge in [0.05, 0.1) is 0 Å². The summed E-state index contributed by atoms with van der Waals surface area (Å²) in [6, 6.07) is 17.8. The molecular formula is C18H19NO. The standard InChI is InChI=1S/C18H19NO/c1-2-3-7-14-19-18(20)17-12-10-16(11-13-17)15-8-5-4-6-9-15/h2,4-6,8-13H,1,3,7,14H2,(H,19,20). The van der Waals surface area contributed by atoms with Crippen LogP contribution in [-0.4, -0.2) is 12.5 Å². The van der Waals surface area contributed by atoms with Gasteiger partial charge in [-0.3, -0.25) is 4.79 Å². The molecule has 0 bridgehead atoms. The fraction of sp³-hybridized carbons (Fsp3) is 0.167.